The first-order valence-corrected chi connectivity index (χ1v) is 8.49. The van der Waals surface area contributed by atoms with Crippen molar-refractivity contribution in [3.05, 3.63) is 12.2 Å². The maximum absolute atomic E-state index is 10.8. The molecule has 3 atom stereocenters. The highest BCUT2D eigenvalue weighted by Gasteiger charge is 2.15. The summed E-state index contributed by atoms with van der Waals surface area (Å²) in [5.74, 6) is 0.650. The molecule has 0 aliphatic rings. The van der Waals surface area contributed by atoms with Gasteiger partial charge in [-0.2, -0.15) is 0 Å². The normalized spacial score (nSPS) is 17.5. The van der Waals surface area contributed by atoms with E-state index < -0.39 is 10.1 Å². The van der Waals surface area contributed by atoms with E-state index in [0.717, 1.165) is 19.3 Å². The predicted molar refractivity (Wildman–Crippen MR) is 74.9 cm³/mol. The molecule has 0 bridgehead atoms. The maximum atomic E-state index is 10.8. The fourth-order valence-electron chi connectivity index (χ4n) is 1.83. The summed E-state index contributed by atoms with van der Waals surface area (Å²) in [6.45, 7) is 6.42. The molecule has 0 heterocycles. The van der Waals surface area contributed by atoms with Gasteiger partial charge in [0.2, 0.25) is 10.1 Å². The van der Waals surface area contributed by atoms with E-state index in [2.05, 4.69) is 19.9 Å². The Morgan fingerprint density at radius 1 is 1.44 bits per heavy atom. The molecule has 16 heavy (non-hydrogen) atoms. The largest absolute Gasteiger partial charge is 0.298 e. The summed E-state index contributed by atoms with van der Waals surface area (Å²) in [6.07, 6.45) is 9.60. The molecule has 0 aliphatic heterocycles. The number of allylic oxidation sites excluding steroid dienone is 2. The van der Waals surface area contributed by atoms with Gasteiger partial charge in [-0.05, 0) is 42.9 Å². The van der Waals surface area contributed by atoms with Gasteiger partial charge in [-0.15, -0.1) is 0 Å². The minimum Gasteiger partial charge on any atom is -0.298 e. The van der Waals surface area contributed by atoms with E-state index in [1.54, 1.807) is 0 Å². The Hall–Kier alpha value is 0.200. The molecule has 0 aromatic rings. The SMILES string of the molecule is C/C=C\CC[C@H](C[C@@H](C)CCC)SS(=O)O. The molecule has 0 aromatic heterocycles. The molecule has 2 nitrogen and oxygen atoms in total. The highest BCUT2D eigenvalue weighted by Crippen LogP contribution is 2.27. The van der Waals surface area contributed by atoms with Gasteiger partial charge in [-0.3, -0.25) is 4.55 Å². The van der Waals surface area contributed by atoms with Crippen LogP contribution in [0.25, 0.3) is 0 Å². The van der Waals surface area contributed by atoms with E-state index in [-0.39, 0.29) is 0 Å². The molecular weight excluding hydrogens is 240 g/mol. The van der Waals surface area contributed by atoms with Crippen LogP contribution in [0.1, 0.15) is 52.9 Å². The Balaban J connectivity index is 4.03. The van der Waals surface area contributed by atoms with E-state index in [9.17, 15) is 4.21 Å². The van der Waals surface area contributed by atoms with Crippen molar-refractivity contribution in [1.29, 1.82) is 0 Å². The average molecular weight is 264 g/mol. The zero-order valence-electron chi connectivity index (χ0n) is 10.5. The summed E-state index contributed by atoms with van der Waals surface area (Å²) >= 11 is 0. The average Bonchev–Trinajstić information content (AvgIpc) is 2.17. The summed E-state index contributed by atoms with van der Waals surface area (Å²) in [4.78, 5) is 0. The van der Waals surface area contributed by atoms with Crippen LogP contribution in [0.5, 0.6) is 0 Å². The Bertz CT molecular complexity index is 217. The van der Waals surface area contributed by atoms with Crippen LogP contribution in [0.4, 0.5) is 0 Å². The second kappa shape index (κ2) is 10.4. The van der Waals surface area contributed by atoms with Crippen molar-refractivity contribution in [3.8, 4) is 0 Å². The monoisotopic (exact) mass is 264 g/mol. The second-order valence-electron chi connectivity index (χ2n) is 4.21. The molecule has 0 radical (unpaired) electrons. The molecule has 4 heteroatoms. The van der Waals surface area contributed by atoms with Crippen LogP contribution in [0.15, 0.2) is 12.2 Å². The first-order chi connectivity index (χ1) is 7.60. The zero-order valence-corrected chi connectivity index (χ0v) is 12.1. The van der Waals surface area contributed by atoms with Gasteiger partial charge in [0.25, 0.3) is 0 Å². The lowest BCUT2D eigenvalue weighted by Crippen LogP contribution is -2.09. The lowest BCUT2D eigenvalue weighted by molar-refractivity contribution is 0.470. The van der Waals surface area contributed by atoms with Crippen molar-refractivity contribution in [2.24, 2.45) is 5.92 Å². The minimum absolute atomic E-state index is 0.309. The lowest BCUT2D eigenvalue weighted by Gasteiger charge is -2.18. The molecule has 96 valence electrons. The molecule has 0 spiro atoms. The van der Waals surface area contributed by atoms with Gasteiger partial charge in [0.15, 0.2) is 0 Å². The minimum atomic E-state index is -1.73. The fourth-order valence-corrected chi connectivity index (χ4v) is 3.92. The molecule has 0 aliphatic carbocycles. The molecular formula is C12H24O2S2. The molecule has 0 saturated heterocycles. The van der Waals surface area contributed by atoms with Crippen LogP contribution in [0, 0.1) is 5.92 Å². The topological polar surface area (TPSA) is 37.3 Å². The summed E-state index contributed by atoms with van der Waals surface area (Å²) in [6, 6.07) is 0. The van der Waals surface area contributed by atoms with Gasteiger partial charge in [0, 0.05) is 5.25 Å². The summed E-state index contributed by atoms with van der Waals surface area (Å²) < 4.78 is 19.8. The second-order valence-corrected chi connectivity index (χ2v) is 6.94. The van der Waals surface area contributed by atoms with Crippen LogP contribution < -0.4 is 0 Å². The third-order valence-corrected chi connectivity index (χ3v) is 4.73. The summed E-state index contributed by atoms with van der Waals surface area (Å²) in [7, 11) is -0.531. The van der Waals surface area contributed by atoms with E-state index in [0.29, 0.717) is 11.2 Å². The van der Waals surface area contributed by atoms with Crippen molar-refractivity contribution in [1.82, 2.24) is 0 Å². The fraction of sp³-hybridized carbons (Fsp3) is 0.833. The van der Waals surface area contributed by atoms with E-state index in [1.807, 2.05) is 13.0 Å². The maximum Gasteiger partial charge on any atom is 0.216 e. The van der Waals surface area contributed by atoms with Crippen molar-refractivity contribution in [3.63, 3.8) is 0 Å². The smallest absolute Gasteiger partial charge is 0.216 e. The molecule has 0 saturated carbocycles. The molecule has 1 N–H and O–H groups in total. The van der Waals surface area contributed by atoms with Crippen molar-refractivity contribution in [2.75, 3.05) is 0 Å². The van der Waals surface area contributed by atoms with Gasteiger partial charge >= 0.3 is 0 Å². The molecule has 0 amide bonds. The van der Waals surface area contributed by atoms with Crippen molar-refractivity contribution < 1.29 is 8.76 Å². The Labute approximate surface area is 106 Å². The van der Waals surface area contributed by atoms with Crippen LogP contribution >= 0.6 is 10.8 Å². The van der Waals surface area contributed by atoms with Crippen LogP contribution in [-0.2, 0) is 10.1 Å². The molecule has 1 unspecified atom stereocenters. The number of hydrogen-bond donors (Lipinski definition) is 1. The van der Waals surface area contributed by atoms with Crippen LogP contribution in [0.3, 0.4) is 0 Å². The van der Waals surface area contributed by atoms with Crippen LogP contribution in [-0.4, -0.2) is 14.0 Å². The number of rotatable bonds is 9. The Morgan fingerprint density at radius 3 is 2.62 bits per heavy atom. The van der Waals surface area contributed by atoms with Gasteiger partial charge in [-0.25, -0.2) is 4.21 Å². The van der Waals surface area contributed by atoms with E-state index in [4.69, 9.17) is 4.55 Å². The highest BCUT2D eigenvalue weighted by molar-refractivity contribution is 8.67. The summed E-state index contributed by atoms with van der Waals surface area (Å²) in [5.41, 5.74) is 0. The van der Waals surface area contributed by atoms with Gasteiger partial charge < -0.3 is 0 Å². The first kappa shape index (κ1) is 16.2. The van der Waals surface area contributed by atoms with Crippen molar-refractivity contribution >= 4 is 20.9 Å². The predicted octanol–water partition coefficient (Wildman–Crippen LogP) is 4.41. The molecule has 0 fully saturated rings. The lowest BCUT2D eigenvalue weighted by atomic mass is 9.98. The Morgan fingerprint density at radius 2 is 2.12 bits per heavy atom. The zero-order chi connectivity index (χ0) is 12.4. The molecule has 0 aromatic carbocycles. The molecule has 0 rings (SSSR count). The third kappa shape index (κ3) is 9.43. The van der Waals surface area contributed by atoms with E-state index in [1.165, 1.54) is 23.6 Å². The van der Waals surface area contributed by atoms with Gasteiger partial charge in [0.1, 0.15) is 0 Å². The van der Waals surface area contributed by atoms with Gasteiger partial charge in [0.05, 0.1) is 0 Å². The highest BCUT2D eigenvalue weighted by atomic mass is 33.1. The van der Waals surface area contributed by atoms with Crippen molar-refractivity contribution in [2.45, 2.75) is 58.1 Å². The number of hydrogen-bond acceptors (Lipinski definition) is 2. The standard InChI is InChI=1S/C12H24O2S2/c1-4-6-7-9-12(15-16(13)14)10-11(3)8-5-2/h4,6,11-12H,5,7-10H2,1-3H3,(H,13,14)/b6-4-/t11-,12+/m0/s1. The van der Waals surface area contributed by atoms with E-state index >= 15 is 0 Å². The first-order valence-electron chi connectivity index (χ1n) is 5.99. The quantitative estimate of drug-likeness (QED) is 0.381. The van der Waals surface area contributed by atoms with Crippen LogP contribution in [0.2, 0.25) is 0 Å². The summed E-state index contributed by atoms with van der Waals surface area (Å²) in [5, 5.41) is 0.309. The van der Waals surface area contributed by atoms with Gasteiger partial charge in [-0.1, -0.05) is 38.8 Å². The third-order valence-electron chi connectivity index (χ3n) is 2.56. The Kier molecular flexibility index (Phi) is 10.5.